The molecule has 0 bridgehead atoms. The van der Waals surface area contributed by atoms with E-state index >= 15 is 0 Å². The molecular weight excluding hydrogens is 254 g/mol. The van der Waals surface area contributed by atoms with Gasteiger partial charge < -0.3 is 10.2 Å². The molecule has 1 N–H and O–H groups in total. The third-order valence-corrected chi connectivity index (χ3v) is 4.03. The van der Waals surface area contributed by atoms with Gasteiger partial charge in [-0.15, -0.1) is 5.10 Å². The van der Waals surface area contributed by atoms with Gasteiger partial charge in [-0.25, -0.2) is 0 Å². The van der Waals surface area contributed by atoms with Crippen molar-refractivity contribution in [3.63, 3.8) is 0 Å². The summed E-state index contributed by atoms with van der Waals surface area (Å²) in [6.07, 6.45) is 4.87. The van der Waals surface area contributed by atoms with Gasteiger partial charge in [0.15, 0.2) is 0 Å². The van der Waals surface area contributed by atoms with E-state index in [1.54, 1.807) is 4.68 Å². The fraction of sp³-hybridized carbons (Fsp3) is 0.786. The van der Waals surface area contributed by atoms with Gasteiger partial charge in [-0.1, -0.05) is 5.21 Å². The number of hydrogen-bond acceptors (Lipinski definition) is 4. The first-order chi connectivity index (χ1) is 9.63. The zero-order valence-corrected chi connectivity index (χ0v) is 12.7. The first kappa shape index (κ1) is 15.0. The molecule has 1 aromatic rings. The topological polar surface area (TPSA) is 63.1 Å². The second-order valence-electron chi connectivity index (χ2n) is 5.50. The van der Waals surface area contributed by atoms with Crippen LogP contribution in [0.15, 0.2) is 6.20 Å². The second kappa shape index (κ2) is 6.83. The third kappa shape index (κ3) is 3.56. The minimum Gasteiger partial charge on any atom is -0.342 e. The van der Waals surface area contributed by atoms with Crippen molar-refractivity contribution < 1.29 is 4.79 Å². The minimum absolute atomic E-state index is 0.0367. The lowest BCUT2D eigenvalue weighted by Gasteiger charge is -2.32. The van der Waals surface area contributed by atoms with Crippen molar-refractivity contribution in [1.82, 2.24) is 25.2 Å². The molecule has 20 heavy (non-hydrogen) atoms. The summed E-state index contributed by atoms with van der Waals surface area (Å²) < 4.78 is 1.73. The number of aromatic nitrogens is 3. The highest BCUT2D eigenvalue weighted by Gasteiger charge is 2.29. The van der Waals surface area contributed by atoms with Crippen LogP contribution in [0, 0.1) is 5.92 Å². The van der Waals surface area contributed by atoms with Gasteiger partial charge in [-0.3, -0.25) is 9.48 Å². The summed E-state index contributed by atoms with van der Waals surface area (Å²) in [4.78, 5) is 14.3. The predicted molar refractivity (Wildman–Crippen MR) is 77.1 cm³/mol. The van der Waals surface area contributed by atoms with Gasteiger partial charge in [0.05, 0.1) is 11.7 Å². The lowest BCUT2D eigenvalue weighted by atomic mass is 9.88. The molecule has 1 aliphatic heterocycles. The van der Waals surface area contributed by atoms with E-state index in [1.165, 1.54) is 0 Å². The van der Waals surface area contributed by atoms with Gasteiger partial charge in [0, 0.05) is 26.3 Å². The van der Waals surface area contributed by atoms with E-state index in [-0.39, 0.29) is 11.9 Å². The summed E-state index contributed by atoms with van der Waals surface area (Å²) in [6.45, 7) is 6.52. The Morgan fingerprint density at radius 3 is 2.85 bits per heavy atom. The van der Waals surface area contributed by atoms with E-state index in [0.717, 1.165) is 44.6 Å². The quantitative estimate of drug-likeness (QED) is 0.857. The van der Waals surface area contributed by atoms with Gasteiger partial charge in [-0.2, -0.15) is 0 Å². The second-order valence-corrected chi connectivity index (χ2v) is 5.50. The largest absolute Gasteiger partial charge is 0.342 e. The van der Waals surface area contributed by atoms with Crippen molar-refractivity contribution in [2.45, 2.75) is 39.2 Å². The molecule has 1 fully saturated rings. The van der Waals surface area contributed by atoms with Crippen molar-refractivity contribution in [2.24, 2.45) is 13.0 Å². The molecule has 1 aromatic heterocycles. The fourth-order valence-corrected chi connectivity index (χ4v) is 2.91. The fourth-order valence-electron chi connectivity index (χ4n) is 2.91. The Labute approximate surface area is 120 Å². The number of hydrogen-bond donors (Lipinski definition) is 1. The van der Waals surface area contributed by atoms with Crippen LogP contribution in [-0.2, 0) is 18.3 Å². The Hall–Kier alpha value is -1.43. The van der Waals surface area contributed by atoms with Crippen molar-refractivity contribution in [2.75, 3.05) is 19.6 Å². The Balaban J connectivity index is 1.92. The Morgan fingerprint density at radius 2 is 2.25 bits per heavy atom. The predicted octanol–water partition coefficient (Wildman–Crippen LogP) is 0.594. The molecule has 1 aliphatic rings. The van der Waals surface area contributed by atoms with Crippen LogP contribution in [0.1, 0.15) is 32.4 Å². The number of aryl methyl sites for hydroxylation is 1. The van der Waals surface area contributed by atoms with Gasteiger partial charge in [-0.05, 0) is 45.6 Å². The Kier molecular flexibility index (Phi) is 5.11. The molecule has 1 amide bonds. The van der Waals surface area contributed by atoms with Crippen LogP contribution in [-0.4, -0.2) is 51.5 Å². The highest BCUT2D eigenvalue weighted by Crippen LogP contribution is 2.21. The van der Waals surface area contributed by atoms with Crippen LogP contribution in [0.2, 0.25) is 0 Å². The molecule has 0 aromatic carbocycles. The Bertz CT molecular complexity index is 441. The zero-order valence-electron chi connectivity index (χ0n) is 12.7. The molecule has 112 valence electrons. The van der Waals surface area contributed by atoms with Gasteiger partial charge >= 0.3 is 0 Å². The van der Waals surface area contributed by atoms with Gasteiger partial charge in [0.25, 0.3) is 0 Å². The zero-order chi connectivity index (χ0) is 14.5. The highest BCUT2D eigenvalue weighted by atomic mass is 16.2. The first-order valence-electron chi connectivity index (χ1n) is 7.51. The lowest BCUT2D eigenvalue weighted by molar-refractivity contribution is -0.134. The number of nitrogens with one attached hydrogen (secondary N) is 1. The monoisotopic (exact) mass is 279 g/mol. The number of amides is 1. The van der Waals surface area contributed by atoms with E-state index in [9.17, 15) is 4.79 Å². The molecule has 2 unspecified atom stereocenters. The van der Waals surface area contributed by atoms with Crippen molar-refractivity contribution in [3.8, 4) is 0 Å². The van der Waals surface area contributed by atoms with Gasteiger partial charge in [0.1, 0.15) is 0 Å². The van der Waals surface area contributed by atoms with Crippen molar-refractivity contribution >= 4 is 5.91 Å². The van der Waals surface area contributed by atoms with E-state index < -0.39 is 0 Å². The summed E-state index contributed by atoms with van der Waals surface area (Å²) >= 11 is 0. The molecule has 0 radical (unpaired) electrons. The maximum Gasteiger partial charge on any atom is 0.239 e. The van der Waals surface area contributed by atoms with Crippen LogP contribution >= 0.6 is 0 Å². The molecule has 6 heteroatoms. The van der Waals surface area contributed by atoms with Crippen LogP contribution < -0.4 is 5.32 Å². The molecule has 2 heterocycles. The maximum atomic E-state index is 12.4. The maximum absolute atomic E-state index is 12.4. The highest BCUT2D eigenvalue weighted by molar-refractivity contribution is 5.82. The molecule has 0 spiro atoms. The molecule has 2 atom stereocenters. The molecule has 2 rings (SSSR count). The van der Waals surface area contributed by atoms with E-state index in [1.807, 2.05) is 32.0 Å². The summed E-state index contributed by atoms with van der Waals surface area (Å²) in [5.74, 6) is 0.747. The van der Waals surface area contributed by atoms with E-state index in [0.29, 0.717) is 5.92 Å². The number of piperidine rings is 1. The average molecular weight is 279 g/mol. The first-order valence-corrected chi connectivity index (χ1v) is 7.51. The lowest BCUT2D eigenvalue weighted by Crippen LogP contribution is -2.50. The summed E-state index contributed by atoms with van der Waals surface area (Å²) in [5.41, 5.74) is 1.02. The normalized spacial score (nSPS) is 22.8. The molecular formula is C14H25N5O. The average Bonchev–Trinajstić information content (AvgIpc) is 2.85. The SMILES string of the molecule is CCN(CC)C(=O)C1CC(Cc2cn(C)nn2)CCN1. The molecule has 0 aliphatic carbocycles. The third-order valence-electron chi connectivity index (χ3n) is 4.03. The number of nitrogens with zero attached hydrogens (tertiary/aromatic N) is 4. The van der Waals surface area contributed by atoms with Crippen molar-refractivity contribution in [1.29, 1.82) is 0 Å². The summed E-state index contributed by atoms with van der Waals surface area (Å²) in [7, 11) is 1.88. The van der Waals surface area contributed by atoms with Crippen LogP contribution in [0.25, 0.3) is 0 Å². The standard InChI is InChI=1S/C14H25N5O/c1-4-19(5-2)14(20)13-9-11(6-7-15-13)8-12-10-18(3)17-16-12/h10-11,13,15H,4-9H2,1-3H3. The van der Waals surface area contributed by atoms with Crippen LogP contribution in [0.5, 0.6) is 0 Å². The number of likely N-dealkylation sites (N-methyl/N-ethyl adjacent to an activating group) is 1. The van der Waals surface area contributed by atoms with E-state index in [2.05, 4.69) is 15.6 Å². The number of carbonyl (C=O) groups excluding carboxylic acids is 1. The molecule has 6 nitrogen and oxygen atoms in total. The minimum atomic E-state index is -0.0367. The van der Waals surface area contributed by atoms with Gasteiger partial charge in [0.2, 0.25) is 5.91 Å². The molecule has 1 saturated heterocycles. The Morgan fingerprint density at radius 1 is 1.50 bits per heavy atom. The molecule has 0 saturated carbocycles. The smallest absolute Gasteiger partial charge is 0.239 e. The number of carbonyl (C=O) groups is 1. The summed E-state index contributed by atoms with van der Waals surface area (Å²) in [6, 6.07) is -0.0367. The van der Waals surface area contributed by atoms with Crippen LogP contribution in [0.3, 0.4) is 0 Å². The van der Waals surface area contributed by atoms with Crippen LogP contribution in [0.4, 0.5) is 0 Å². The number of rotatable bonds is 5. The summed E-state index contributed by atoms with van der Waals surface area (Å²) in [5, 5.41) is 11.5. The van der Waals surface area contributed by atoms with Crippen molar-refractivity contribution in [3.05, 3.63) is 11.9 Å². The van der Waals surface area contributed by atoms with E-state index in [4.69, 9.17) is 0 Å².